The third-order valence-electron chi connectivity index (χ3n) is 2.04. The van der Waals surface area contributed by atoms with Gasteiger partial charge in [-0.2, -0.15) is 0 Å². The van der Waals surface area contributed by atoms with Crippen molar-refractivity contribution in [3.8, 4) is 11.1 Å². The molecule has 82 valence electrons. The lowest BCUT2D eigenvalue weighted by atomic mass is 10.1. The van der Waals surface area contributed by atoms with Gasteiger partial charge >= 0.3 is 0 Å². The molecule has 0 amide bonds. The maximum absolute atomic E-state index is 13.0. The molecule has 5 heteroatoms. The van der Waals surface area contributed by atoms with Gasteiger partial charge in [-0.05, 0) is 23.8 Å². The molecule has 0 spiro atoms. The molecule has 2 aromatic rings. The van der Waals surface area contributed by atoms with E-state index >= 15 is 0 Å². The molecule has 0 bridgehead atoms. The highest BCUT2D eigenvalue weighted by molar-refractivity contribution is 6.42. The number of rotatable bonds is 1. The van der Waals surface area contributed by atoms with E-state index in [1.807, 2.05) is 0 Å². The molecule has 0 unspecified atom stereocenters. The number of hydrogen-bond donors (Lipinski definition) is 0. The monoisotopic (exact) mass is 275 g/mol. The van der Waals surface area contributed by atoms with E-state index in [0.29, 0.717) is 21.2 Å². The van der Waals surface area contributed by atoms with Crippen LogP contribution in [0, 0.1) is 5.82 Å². The van der Waals surface area contributed by atoms with Gasteiger partial charge in [-0.15, -0.1) is 0 Å². The van der Waals surface area contributed by atoms with Gasteiger partial charge < -0.3 is 0 Å². The highest BCUT2D eigenvalue weighted by Crippen LogP contribution is 2.31. The molecule has 1 aromatic carbocycles. The van der Waals surface area contributed by atoms with Crippen molar-refractivity contribution >= 4 is 34.8 Å². The zero-order valence-corrected chi connectivity index (χ0v) is 10.1. The molecule has 1 nitrogen and oxygen atoms in total. The van der Waals surface area contributed by atoms with Gasteiger partial charge in [0.25, 0.3) is 0 Å². The predicted octanol–water partition coefficient (Wildman–Crippen LogP) is 4.85. The molecule has 0 radical (unpaired) electrons. The molecule has 0 aliphatic heterocycles. The van der Waals surface area contributed by atoms with Crippen LogP contribution in [-0.2, 0) is 0 Å². The lowest BCUT2D eigenvalue weighted by Gasteiger charge is -2.05. The minimum absolute atomic E-state index is 0.222. The van der Waals surface area contributed by atoms with Crippen LogP contribution in [0.25, 0.3) is 11.1 Å². The summed E-state index contributed by atoms with van der Waals surface area (Å²) < 4.78 is 13.0. The summed E-state index contributed by atoms with van der Waals surface area (Å²) >= 11 is 17.5. The first-order valence-corrected chi connectivity index (χ1v) is 5.48. The number of aromatic nitrogens is 1. The molecule has 1 aromatic heterocycles. The second-order valence-corrected chi connectivity index (χ2v) is 4.29. The van der Waals surface area contributed by atoms with Crippen molar-refractivity contribution in [3.05, 3.63) is 51.5 Å². The molecule has 2 rings (SSSR count). The molecule has 16 heavy (non-hydrogen) atoms. The molecule has 0 saturated heterocycles. The standard InChI is InChI=1S/C11H5Cl3FN/c12-9-2-1-6(3-10(9)13)8-4-7(15)5-16-11(8)14/h1-5H. The summed E-state index contributed by atoms with van der Waals surface area (Å²) in [5.74, 6) is -0.453. The van der Waals surface area contributed by atoms with E-state index in [4.69, 9.17) is 34.8 Å². The fraction of sp³-hybridized carbons (Fsp3) is 0. The van der Waals surface area contributed by atoms with E-state index in [9.17, 15) is 4.39 Å². The van der Waals surface area contributed by atoms with E-state index in [0.717, 1.165) is 6.20 Å². The summed E-state index contributed by atoms with van der Waals surface area (Å²) in [7, 11) is 0. The Morgan fingerprint density at radius 2 is 1.75 bits per heavy atom. The molecule has 0 saturated carbocycles. The van der Waals surface area contributed by atoms with E-state index in [1.165, 1.54) is 6.07 Å². The average molecular weight is 277 g/mol. The van der Waals surface area contributed by atoms with Gasteiger partial charge in [-0.1, -0.05) is 40.9 Å². The summed E-state index contributed by atoms with van der Waals surface area (Å²) in [4.78, 5) is 3.72. The van der Waals surface area contributed by atoms with Crippen LogP contribution in [0.5, 0.6) is 0 Å². The van der Waals surface area contributed by atoms with Gasteiger partial charge in [0.1, 0.15) is 11.0 Å². The number of nitrogens with zero attached hydrogens (tertiary/aromatic N) is 1. The maximum atomic E-state index is 13.0. The van der Waals surface area contributed by atoms with Crippen molar-refractivity contribution in [2.75, 3.05) is 0 Å². The molecule has 0 fully saturated rings. The minimum atomic E-state index is -0.453. The Bertz CT molecular complexity index is 543. The van der Waals surface area contributed by atoms with Gasteiger partial charge in [0.15, 0.2) is 0 Å². The van der Waals surface area contributed by atoms with E-state index in [1.54, 1.807) is 18.2 Å². The summed E-state index contributed by atoms with van der Waals surface area (Å²) in [5.41, 5.74) is 1.16. The summed E-state index contributed by atoms with van der Waals surface area (Å²) in [5, 5.41) is 1.05. The normalized spacial score (nSPS) is 10.5. The molecule has 0 atom stereocenters. The molecule has 0 aliphatic rings. The summed E-state index contributed by atoms with van der Waals surface area (Å²) in [6.07, 6.45) is 1.06. The van der Waals surface area contributed by atoms with E-state index < -0.39 is 5.82 Å². The Morgan fingerprint density at radius 1 is 1.00 bits per heavy atom. The van der Waals surface area contributed by atoms with Crippen molar-refractivity contribution in [2.24, 2.45) is 0 Å². The minimum Gasteiger partial charge on any atom is -0.241 e. The first-order valence-electron chi connectivity index (χ1n) is 4.34. The maximum Gasteiger partial charge on any atom is 0.142 e. The molecular weight excluding hydrogens is 271 g/mol. The largest absolute Gasteiger partial charge is 0.241 e. The number of halogens is 4. The smallest absolute Gasteiger partial charge is 0.142 e. The Hall–Kier alpha value is -0.830. The van der Waals surface area contributed by atoms with Crippen LogP contribution < -0.4 is 0 Å². The Balaban J connectivity index is 2.58. The number of pyridine rings is 1. The third-order valence-corrected chi connectivity index (χ3v) is 3.08. The summed E-state index contributed by atoms with van der Waals surface area (Å²) in [6, 6.07) is 6.25. The van der Waals surface area contributed by atoms with Crippen LogP contribution in [0.1, 0.15) is 0 Å². The molecule has 0 aliphatic carbocycles. The Labute approximate surface area is 107 Å². The van der Waals surface area contributed by atoms with Crippen LogP contribution in [0.4, 0.5) is 4.39 Å². The van der Waals surface area contributed by atoms with E-state index in [-0.39, 0.29) is 5.15 Å². The Morgan fingerprint density at radius 3 is 2.44 bits per heavy atom. The zero-order valence-electron chi connectivity index (χ0n) is 7.85. The molecule has 1 heterocycles. The average Bonchev–Trinajstić information content (AvgIpc) is 2.26. The lowest BCUT2D eigenvalue weighted by molar-refractivity contribution is 0.622. The van der Waals surface area contributed by atoms with E-state index in [2.05, 4.69) is 4.98 Å². The Kier molecular flexibility index (Phi) is 3.33. The highest BCUT2D eigenvalue weighted by atomic mass is 35.5. The number of benzene rings is 1. The van der Waals surface area contributed by atoms with Gasteiger partial charge in [-0.25, -0.2) is 9.37 Å². The number of hydrogen-bond acceptors (Lipinski definition) is 1. The quantitative estimate of drug-likeness (QED) is 0.679. The second kappa shape index (κ2) is 4.58. The van der Waals surface area contributed by atoms with Gasteiger partial charge in [0.05, 0.1) is 16.2 Å². The van der Waals surface area contributed by atoms with Crippen molar-refractivity contribution in [1.82, 2.24) is 4.98 Å². The van der Waals surface area contributed by atoms with Gasteiger partial charge in [0.2, 0.25) is 0 Å². The topological polar surface area (TPSA) is 12.9 Å². The van der Waals surface area contributed by atoms with Gasteiger partial charge in [-0.3, -0.25) is 0 Å². The van der Waals surface area contributed by atoms with Crippen LogP contribution >= 0.6 is 34.8 Å². The van der Waals surface area contributed by atoms with Crippen LogP contribution in [0.3, 0.4) is 0 Å². The van der Waals surface area contributed by atoms with Crippen LogP contribution in [-0.4, -0.2) is 4.98 Å². The molecule has 0 N–H and O–H groups in total. The van der Waals surface area contributed by atoms with Crippen molar-refractivity contribution < 1.29 is 4.39 Å². The highest BCUT2D eigenvalue weighted by Gasteiger charge is 2.08. The fourth-order valence-corrected chi connectivity index (χ4v) is 1.80. The van der Waals surface area contributed by atoms with Crippen molar-refractivity contribution in [1.29, 1.82) is 0 Å². The van der Waals surface area contributed by atoms with Crippen LogP contribution in [0.15, 0.2) is 30.5 Å². The van der Waals surface area contributed by atoms with Crippen LogP contribution in [0.2, 0.25) is 15.2 Å². The third kappa shape index (κ3) is 2.29. The van der Waals surface area contributed by atoms with Crippen molar-refractivity contribution in [2.45, 2.75) is 0 Å². The first-order chi connectivity index (χ1) is 7.58. The summed E-state index contributed by atoms with van der Waals surface area (Å²) in [6.45, 7) is 0. The zero-order chi connectivity index (χ0) is 11.7. The van der Waals surface area contributed by atoms with Crippen molar-refractivity contribution in [3.63, 3.8) is 0 Å². The second-order valence-electron chi connectivity index (χ2n) is 3.12. The fourth-order valence-electron chi connectivity index (χ4n) is 1.29. The first kappa shape index (κ1) is 11.6. The molecular formula is C11H5Cl3FN. The van der Waals surface area contributed by atoms with Gasteiger partial charge in [0, 0.05) is 5.56 Å². The lowest BCUT2D eigenvalue weighted by Crippen LogP contribution is -1.86. The predicted molar refractivity (Wildman–Crippen MR) is 64.7 cm³/mol. The SMILES string of the molecule is Fc1cnc(Cl)c(-c2ccc(Cl)c(Cl)c2)c1.